The minimum Gasteiger partial charge on any atom is -0.397 e. The number of allylic oxidation sites excluding steroid dienone is 4. The molecular weight excluding hydrogens is 136 g/mol. The number of hydrogen-bond acceptors (Lipinski definition) is 2. The van der Waals surface area contributed by atoms with E-state index in [9.17, 15) is 0 Å². The quantitative estimate of drug-likeness (QED) is 0.628. The molecule has 1 aliphatic rings. The molecule has 11 heavy (non-hydrogen) atoms. The summed E-state index contributed by atoms with van der Waals surface area (Å²) in [6.07, 6.45) is 6.08. The van der Waals surface area contributed by atoms with Crippen molar-refractivity contribution in [3.8, 4) is 0 Å². The Morgan fingerprint density at radius 1 is 1.73 bits per heavy atom. The number of rotatable bonds is 2. The lowest BCUT2D eigenvalue weighted by Crippen LogP contribution is -2.16. The predicted molar refractivity (Wildman–Crippen MR) is 47.5 cm³/mol. The average Bonchev–Trinajstić information content (AvgIpc) is 1.93. The van der Waals surface area contributed by atoms with Gasteiger partial charge in [0.1, 0.15) is 0 Å². The molecule has 3 N–H and O–H groups in total. The third-order valence-corrected chi connectivity index (χ3v) is 1.57. The maximum Gasteiger partial charge on any atom is 0.0507 e. The van der Waals surface area contributed by atoms with E-state index in [0.29, 0.717) is 0 Å². The Balaban J connectivity index is 2.67. The van der Waals surface area contributed by atoms with Gasteiger partial charge in [-0.1, -0.05) is 12.7 Å². The van der Waals surface area contributed by atoms with Gasteiger partial charge in [0.05, 0.1) is 5.70 Å². The van der Waals surface area contributed by atoms with Crippen LogP contribution in [0.5, 0.6) is 0 Å². The molecule has 0 radical (unpaired) electrons. The number of nitrogens with two attached hydrogens (primary N) is 1. The largest absolute Gasteiger partial charge is 0.397 e. The standard InChI is InChI=1S/C9H14N2/c1-7(2)11-9-6-4-3-5-8(9)10/h3,5,11H,1,4,6,10H2,2H3. The number of nitrogens with one attached hydrogen (secondary N) is 1. The SMILES string of the molecule is C=C(C)NC1=C(N)C=CCC1. The van der Waals surface area contributed by atoms with Crippen molar-refractivity contribution < 1.29 is 0 Å². The maximum absolute atomic E-state index is 5.72. The second kappa shape index (κ2) is 3.28. The van der Waals surface area contributed by atoms with E-state index in [4.69, 9.17) is 5.73 Å². The lowest BCUT2D eigenvalue weighted by atomic mass is 10.1. The van der Waals surface area contributed by atoms with Crippen molar-refractivity contribution in [3.05, 3.63) is 35.8 Å². The molecule has 60 valence electrons. The Morgan fingerprint density at radius 2 is 2.45 bits per heavy atom. The van der Waals surface area contributed by atoms with E-state index in [2.05, 4.69) is 18.0 Å². The van der Waals surface area contributed by atoms with Gasteiger partial charge in [-0.15, -0.1) is 0 Å². The molecule has 0 heterocycles. The predicted octanol–water partition coefficient (Wildman–Crippen LogP) is 1.63. The normalized spacial score (nSPS) is 16.8. The molecule has 0 spiro atoms. The smallest absolute Gasteiger partial charge is 0.0507 e. The van der Waals surface area contributed by atoms with Crippen LogP contribution in [0.3, 0.4) is 0 Å². The highest BCUT2D eigenvalue weighted by atomic mass is 14.9. The van der Waals surface area contributed by atoms with E-state index in [1.165, 1.54) is 0 Å². The van der Waals surface area contributed by atoms with Crippen molar-refractivity contribution in [3.63, 3.8) is 0 Å². The van der Waals surface area contributed by atoms with Gasteiger partial charge in [-0.05, 0) is 25.8 Å². The molecule has 0 unspecified atom stereocenters. The van der Waals surface area contributed by atoms with Gasteiger partial charge in [0, 0.05) is 11.4 Å². The lowest BCUT2D eigenvalue weighted by molar-refractivity contribution is 0.818. The summed E-state index contributed by atoms with van der Waals surface area (Å²) in [5.41, 5.74) is 8.59. The fraction of sp³-hybridized carbons (Fsp3) is 0.333. The van der Waals surface area contributed by atoms with Crippen LogP contribution in [-0.2, 0) is 0 Å². The van der Waals surface area contributed by atoms with Crippen molar-refractivity contribution in [2.24, 2.45) is 5.73 Å². The molecule has 0 aromatic carbocycles. The summed E-state index contributed by atoms with van der Waals surface area (Å²) < 4.78 is 0. The molecule has 0 saturated carbocycles. The van der Waals surface area contributed by atoms with Gasteiger partial charge < -0.3 is 11.1 Å². The zero-order valence-electron chi connectivity index (χ0n) is 6.85. The second-order valence-electron chi connectivity index (χ2n) is 2.78. The molecule has 0 saturated heterocycles. The third-order valence-electron chi connectivity index (χ3n) is 1.57. The van der Waals surface area contributed by atoms with Gasteiger partial charge in [-0.2, -0.15) is 0 Å². The molecule has 1 rings (SSSR count). The van der Waals surface area contributed by atoms with E-state index < -0.39 is 0 Å². The highest BCUT2D eigenvalue weighted by Gasteiger charge is 2.03. The molecule has 1 aliphatic carbocycles. The fourth-order valence-corrected chi connectivity index (χ4v) is 1.08. The lowest BCUT2D eigenvalue weighted by Gasteiger charge is -2.14. The van der Waals surface area contributed by atoms with Crippen LogP contribution in [-0.4, -0.2) is 0 Å². The van der Waals surface area contributed by atoms with Gasteiger partial charge in [0.25, 0.3) is 0 Å². The van der Waals surface area contributed by atoms with Crippen molar-refractivity contribution in [1.29, 1.82) is 0 Å². The summed E-state index contributed by atoms with van der Waals surface area (Å²) in [4.78, 5) is 0. The highest BCUT2D eigenvalue weighted by molar-refractivity contribution is 5.27. The molecule has 2 nitrogen and oxygen atoms in total. The van der Waals surface area contributed by atoms with Gasteiger partial charge in [0.15, 0.2) is 0 Å². The van der Waals surface area contributed by atoms with Crippen LogP contribution >= 0.6 is 0 Å². The van der Waals surface area contributed by atoms with E-state index in [1.807, 2.05) is 13.0 Å². The fourth-order valence-electron chi connectivity index (χ4n) is 1.08. The molecule has 0 aromatic heterocycles. The highest BCUT2D eigenvalue weighted by Crippen LogP contribution is 2.13. The first kappa shape index (κ1) is 7.92. The summed E-state index contributed by atoms with van der Waals surface area (Å²) >= 11 is 0. The summed E-state index contributed by atoms with van der Waals surface area (Å²) in [7, 11) is 0. The summed E-state index contributed by atoms with van der Waals surface area (Å²) in [5, 5.41) is 3.14. The Bertz CT molecular complexity index is 224. The van der Waals surface area contributed by atoms with E-state index in [0.717, 1.165) is 29.9 Å². The minimum absolute atomic E-state index is 0.833. The van der Waals surface area contributed by atoms with Crippen LogP contribution in [0.2, 0.25) is 0 Å². The van der Waals surface area contributed by atoms with Crippen molar-refractivity contribution >= 4 is 0 Å². The zero-order valence-corrected chi connectivity index (χ0v) is 6.85. The maximum atomic E-state index is 5.72. The van der Waals surface area contributed by atoms with E-state index >= 15 is 0 Å². The van der Waals surface area contributed by atoms with Crippen LogP contribution in [0.15, 0.2) is 35.8 Å². The van der Waals surface area contributed by atoms with Crippen LogP contribution in [0.25, 0.3) is 0 Å². The topological polar surface area (TPSA) is 38.0 Å². The second-order valence-corrected chi connectivity index (χ2v) is 2.78. The monoisotopic (exact) mass is 150 g/mol. The first-order chi connectivity index (χ1) is 5.20. The first-order valence-electron chi connectivity index (χ1n) is 3.78. The molecule has 0 amide bonds. The minimum atomic E-state index is 0.833. The summed E-state index contributed by atoms with van der Waals surface area (Å²) in [6.45, 7) is 5.69. The van der Waals surface area contributed by atoms with Crippen molar-refractivity contribution in [1.82, 2.24) is 5.32 Å². The number of hydrogen-bond donors (Lipinski definition) is 2. The summed E-state index contributed by atoms with van der Waals surface area (Å²) in [5.74, 6) is 0. The van der Waals surface area contributed by atoms with Gasteiger partial charge in [-0.3, -0.25) is 0 Å². The van der Waals surface area contributed by atoms with Crippen LogP contribution < -0.4 is 11.1 Å². The van der Waals surface area contributed by atoms with Crippen LogP contribution in [0.4, 0.5) is 0 Å². The van der Waals surface area contributed by atoms with Gasteiger partial charge in [0.2, 0.25) is 0 Å². The average molecular weight is 150 g/mol. The molecule has 0 fully saturated rings. The van der Waals surface area contributed by atoms with E-state index in [1.54, 1.807) is 0 Å². The molecule has 0 aromatic rings. The Morgan fingerprint density at radius 3 is 3.00 bits per heavy atom. The first-order valence-corrected chi connectivity index (χ1v) is 3.78. The van der Waals surface area contributed by atoms with E-state index in [-0.39, 0.29) is 0 Å². The Labute approximate surface area is 67.5 Å². The van der Waals surface area contributed by atoms with Crippen LogP contribution in [0.1, 0.15) is 19.8 Å². The molecule has 0 atom stereocenters. The summed E-state index contributed by atoms with van der Waals surface area (Å²) in [6, 6.07) is 0. The molecule has 0 bridgehead atoms. The third kappa shape index (κ3) is 2.15. The van der Waals surface area contributed by atoms with Crippen molar-refractivity contribution in [2.45, 2.75) is 19.8 Å². The van der Waals surface area contributed by atoms with Gasteiger partial charge in [-0.25, -0.2) is 0 Å². The zero-order chi connectivity index (χ0) is 8.27. The van der Waals surface area contributed by atoms with Crippen LogP contribution in [0, 0.1) is 0 Å². The Kier molecular flexibility index (Phi) is 2.36. The van der Waals surface area contributed by atoms with Gasteiger partial charge >= 0.3 is 0 Å². The van der Waals surface area contributed by atoms with Crippen molar-refractivity contribution in [2.75, 3.05) is 0 Å². The molecule has 0 aliphatic heterocycles. The Hall–Kier alpha value is -1.18. The molecule has 2 heteroatoms. The molecular formula is C9H14N2.